The molecule has 0 saturated carbocycles. The zero-order valence-corrected chi connectivity index (χ0v) is 19.5. The van der Waals surface area contributed by atoms with Crippen LogP contribution in [0.4, 0.5) is 10.5 Å². The number of benzene rings is 2. The molecule has 2 amide bonds. The number of rotatable bonds is 5. The Morgan fingerprint density at radius 2 is 1.96 bits per heavy atom. The molecule has 1 aliphatic heterocycles. The predicted octanol–water partition coefficient (Wildman–Crippen LogP) is 5.05. The molecule has 0 atom stereocenters. The Morgan fingerprint density at radius 1 is 1.25 bits per heavy atom. The fourth-order valence-electron chi connectivity index (χ4n) is 2.67. The minimum Gasteiger partial charge on any atom is -0.495 e. The van der Waals surface area contributed by atoms with Gasteiger partial charge in [0.2, 0.25) is 0 Å². The molecule has 1 aliphatic rings. The summed E-state index contributed by atoms with van der Waals surface area (Å²) in [6.07, 6.45) is 1.62. The molecule has 28 heavy (non-hydrogen) atoms. The summed E-state index contributed by atoms with van der Waals surface area (Å²) in [6.45, 7) is -0.153. The van der Waals surface area contributed by atoms with E-state index in [0.29, 0.717) is 16.9 Å². The topological polar surface area (TPSA) is 89.8 Å². The molecular formula is C18H12I2N2O5S. The van der Waals surface area contributed by atoms with Crippen LogP contribution in [0.25, 0.3) is 6.08 Å². The minimum atomic E-state index is -0.525. The van der Waals surface area contributed by atoms with Crippen molar-refractivity contribution >= 4 is 79.9 Å². The van der Waals surface area contributed by atoms with E-state index < -0.39 is 16.1 Å². The van der Waals surface area contributed by atoms with Crippen LogP contribution in [0.15, 0.2) is 41.3 Å². The molecule has 2 aromatic carbocycles. The van der Waals surface area contributed by atoms with Crippen LogP contribution in [0.3, 0.4) is 0 Å². The normalized spacial score (nSPS) is 15.4. The van der Waals surface area contributed by atoms with Crippen LogP contribution >= 0.6 is 56.9 Å². The number of nitro benzene ring substituents is 1. The Hall–Kier alpha value is -1.67. The molecule has 0 aliphatic carbocycles. The van der Waals surface area contributed by atoms with Crippen LogP contribution in [0.1, 0.15) is 11.1 Å². The third kappa shape index (κ3) is 4.33. The van der Waals surface area contributed by atoms with E-state index >= 15 is 0 Å². The van der Waals surface area contributed by atoms with E-state index in [1.165, 1.54) is 12.1 Å². The molecule has 7 nitrogen and oxygen atoms in total. The van der Waals surface area contributed by atoms with E-state index in [2.05, 4.69) is 45.2 Å². The third-order valence-corrected chi connectivity index (χ3v) is 6.25. The van der Waals surface area contributed by atoms with Crippen LogP contribution in [-0.2, 0) is 11.3 Å². The second kappa shape index (κ2) is 8.78. The van der Waals surface area contributed by atoms with Gasteiger partial charge in [-0.1, -0.05) is 18.2 Å². The lowest BCUT2D eigenvalue weighted by Crippen LogP contribution is -2.27. The smallest absolute Gasteiger partial charge is 0.293 e. The second-order valence-electron chi connectivity index (χ2n) is 5.66. The highest BCUT2D eigenvalue weighted by Crippen LogP contribution is 2.37. The van der Waals surface area contributed by atoms with Crippen molar-refractivity contribution in [2.75, 3.05) is 7.11 Å². The van der Waals surface area contributed by atoms with E-state index in [4.69, 9.17) is 4.74 Å². The number of amides is 2. The third-order valence-electron chi connectivity index (χ3n) is 3.92. The van der Waals surface area contributed by atoms with Gasteiger partial charge in [-0.05, 0) is 75.2 Å². The number of para-hydroxylation sites is 1. The van der Waals surface area contributed by atoms with E-state index in [-0.39, 0.29) is 17.1 Å². The van der Waals surface area contributed by atoms with Gasteiger partial charge in [0, 0.05) is 20.8 Å². The molecule has 2 aromatic rings. The Labute approximate surface area is 191 Å². The first-order valence-electron chi connectivity index (χ1n) is 7.82. The molecule has 0 bridgehead atoms. The van der Waals surface area contributed by atoms with E-state index in [1.807, 2.05) is 12.1 Å². The number of nitrogens with zero attached hydrogens (tertiary/aromatic N) is 2. The number of carbonyl (C=O) groups excluding carboxylic acids is 2. The number of hydrogen-bond donors (Lipinski definition) is 0. The maximum atomic E-state index is 12.8. The molecule has 10 heteroatoms. The number of thioether (sulfide) groups is 1. The average Bonchev–Trinajstić information content (AvgIpc) is 2.89. The Morgan fingerprint density at radius 3 is 2.64 bits per heavy atom. The predicted molar refractivity (Wildman–Crippen MR) is 123 cm³/mol. The van der Waals surface area contributed by atoms with Crippen molar-refractivity contribution < 1.29 is 19.2 Å². The quantitative estimate of drug-likeness (QED) is 0.201. The summed E-state index contributed by atoms with van der Waals surface area (Å²) in [6, 6.07) is 9.87. The Kier molecular flexibility index (Phi) is 6.60. The van der Waals surface area contributed by atoms with Crippen molar-refractivity contribution in [1.29, 1.82) is 0 Å². The molecule has 0 unspecified atom stereocenters. The summed E-state index contributed by atoms with van der Waals surface area (Å²) >= 11 is 5.12. The van der Waals surface area contributed by atoms with Crippen LogP contribution in [0.2, 0.25) is 0 Å². The van der Waals surface area contributed by atoms with Crippen LogP contribution in [0, 0.1) is 17.3 Å². The van der Waals surface area contributed by atoms with Gasteiger partial charge >= 0.3 is 0 Å². The lowest BCUT2D eigenvalue weighted by molar-refractivity contribution is -0.385. The maximum Gasteiger partial charge on any atom is 0.293 e. The SMILES string of the molecule is COc1c(I)cc(I)cc1/C=C1/SC(=O)N(Cc2ccccc2[N+](=O)[O-])C1=O. The van der Waals surface area contributed by atoms with E-state index in [0.717, 1.165) is 23.8 Å². The van der Waals surface area contributed by atoms with Crippen molar-refractivity contribution in [2.45, 2.75) is 6.54 Å². The largest absolute Gasteiger partial charge is 0.495 e. The van der Waals surface area contributed by atoms with E-state index in [9.17, 15) is 19.7 Å². The number of hydrogen-bond acceptors (Lipinski definition) is 6. The molecule has 1 fully saturated rings. The zero-order chi connectivity index (χ0) is 20.4. The molecule has 1 heterocycles. The average molecular weight is 622 g/mol. The highest BCUT2D eigenvalue weighted by molar-refractivity contribution is 14.1. The number of ether oxygens (including phenoxy) is 1. The molecule has 144 valence electrons. The second-order valence-corrected chi connectivity index (χ2v) is 9.06. The monoisotopic (exact) mass is 622 g/mol. The van der Waals surface area contributed by atoms with Crippen molar-refractivity contribution in [2.24, 2.45) is 0 Å². The first-order valence-corrected chi connectivity index (χ1v) is 10.8. The highest BCUT2D eigenvalue weighted by atomic mass is 127. The Balaban J connectivity index is 1.93. The number of nitro groups is 1. The van der Waals surface area contributed by atoms with Gasteiger partial charge in [0.05, 0.1) is 27.1 Å². The number of imide groups is 1. The maximum absolute atomic E-state index is 12.8. The summed E-state index contributed by atoms with van der Waals surface area (Å²) in [5.74, 6) is 0.135. The van der Waals surface area contributed by atoms with Crippen molar-refractivity contribution in [3.63, 3.8) is 0 Å². The highest BCUT2D eigenvalue weighted by Gasteiger charge is 2.36. The van der Waals surface area contributed by atoms with Gasteiger partial charge < -0.3 is 4.74 Å². The number of carbonyl (C=O) groups is 2. The lowest BCUT2D eigenvalue weighted by atomic mass is 10.1. The first kappa shape index (κ1) is 21.0. The number of methoxy groups -OCH3 is 1. The van der Waals surface area contributed by atoms with E-state index in [1.54, 1.807) is 25.3 Å². The summed E-state index contributed by atoms with van der Waals surface area (Å²) in [7, 11) is 1.54. The summed E-state index contributed by atoms with van der Waals surface area (Å²) in [4.78, 5) is 37.1. The van der Waals surface area contributed by atoms with Gasteiger partial charge in [-0.25, -0.2) is 0 Å². The standard InChI is InChI=1S/C18H12I2N2O5S/c1-27-16-11(6-12(19)8-13(16)20)7-15-17(23)21(18(24)28-15)9-10-4-2-3-5-14(10)22(25)26/h2-8H,9H2,1H3/b15-7+. The zero-order valence-electron chi connectivity index (χ0n) is 14.3. The summed E-state index contributed by atoms with van der Waals surface area (Å²) in [5.41, 5.74) is 0.867. The van der Waals surface area contributed by atoms with Crippen molar-refractivity contribution in [3.05, 3.63) is 69.7 Å². The fourth-order valence-corrected chi connectivity index (χ4v) is 5.61. The minimum absolute atomic E-state index is 0.126. The van der Waals surface area contributed by atoms with Gasteiger partial charge in [-0.15, -0.1) is 0 Å². The molecular weight excluding hydrogens is 610 g/mol. The van der Waals surface area contributed by atoms with Crippen LogP contribution < -0.4 is 4.74 Å². The Bertz CT molecular complexity index is 1030. The van der Waals surface area contributed by atoms with Gasteiger partial charge in [-0.3, -0.25) is 24.6 Å². The molecule has 0 radical (unpaired) electrons. The van der Waals surface area contributed by atoms with Gasteiger partial charge in [0.1, 0.15) is 5.75 Å². The summed E-state index contributed by atoms with van der Waals surface area (Å²) < 4.78 is 7.27. The van der Waals surface area contributed by atoms with Crippen LogP contribution in [0.5, 0.6) is 5.75 Å². The van der Waals surface area contributed by atoms with Gasteiger partial charge in [-0.2, -0.15) is 0 Å². The first-order chi connectivity index (χ1) is 13.3. The molecule has 0 N–H and O–H groups in total. The molecule has 0 aromatic heterocycles. The molecule has 3 rings (SSSR count). The lowest BCUT2D eigenvalue weighted by Gasteiger charge is -2.12. The van der Waals surface area contributed by atoms with Crippen molar-refractivity contribution in [3.8, 4) is 5.75 Å². The summed E-state index contributed by atoms with van der Waals surface area (Å²) in [5, 5.41) is 10.7. The van der Waals surface area contributed by atoms with Gasteiger partial charge in [0.15, 0.2) is 0 Å². The fraction of sp³-hybridized carbons (Fsp3) is 0.111. The molecule has 1 saturated heterocycles. The van der Waals surface area contributed by atoms with Gasteiger partial charge in [0.25, 0.3) is 16.8 Å². The van der Waals surface area contributed by atoms with Crippen LogP contribution in [-0.4, -0.2) is 28.1 Å². The number of halogens is 2. The van der Waals surface area contributed by atoms with Crippen molar-refractivity contribution in [1.82, 2.24) is 4.90 Å². The molecule has 0 spiro atoms.